The van der Waals surface area contributed by atoms with E-state index in [9.17, 15) is 14.9 Å². The molecule has 1 aliphatic heterocycles. The molecule has 0 fully saturated rings. The first-order valence-electron chi connectivity index (χ1n) is 11.8. The normalized spacial score (nSPS) is 12.9. The summed E-state index contributed by atoms with van der Waals surface area (Å²) in [5.74, 6) is -0.0971. The Labute approximate surface area is 223 Å². The standard InChI is InChI=1S/C28H24N4O3S2/c29-15-23-22-11-12-32(16-19-6-2-1-3-7-19)17-25(22)37-28(23)31-26(33)18-36-21-9-4-8-20(14-21)30-27(34)24-10-5-13-35-24/h1-10,13-14H,11-12,16-18H2,(H,30,34)(H,31,33). The molecular formula is C28H24N4O3S2. The topological polar surface area (TPSA) is 98.4 Å². The summed E-state index contributed by atoms with van der Waals surface area (Å²) in [6, 6.07) is 23.2. The minimum atomic E-state index is -0.335. The van der Waals surface area contributed by atoms with Crippen molar-refractivity contribution >= 4 is 45.6 Å². The third kappa shape index (κ3) is 6.12. The van der Waals surface area contributed by atoms with Crippen LogP contribution in [0, 0.1) is 11.3 Å². The highest BCUT2D eigenvalue weighted by atomic mass is 32.2. The lowest BCUT2D eigenvalue weighted by molar-refractivity contribution is -0.113. The van der Waals surface area contributed by atoms with Crippen molar-refractivity contribution < 1.29 is 14.0 Å². The van der Waals surface area contributed by atoms with Crippen molar-refractivity contribution in [3.8, 4) is 6.07 Å². The van der Waals surface area contributed by atoms with Crippen LogP contribution in [-0.4, -0.2) is 29.0 Å². The van der Waals surface area contributed by atoms with Crippen LogP contribution in [0.25, 0.3) is 0 Å². The molecule has 0 bridgehead atoms. The van der Waals surface area contributed by atoms with Crippen LogP contribution in [-0.2, 0) is 24.3 Å². The molecule has 0 radical (unpaired) electrons. The van der Waals surface area contributed by atoms with Crippen molar-refractivity contribution in [3.63, 3.8) is 0 Å². The number of hydrogen-bond donors (Lipinski definition) is 2. The Kier molecular flexibility index (Phi) is 7.70. The van der Waals surface area contributed by atoms with Crippen molar-refractivity contribution in [2.24, 2.45) is 0 Å². The molecule has 0 aliphatic carbocycles. The smallest absolute Gasteiger partial charge is 0.291 e. The Morgan fingerprint density at radius 3 is 2.73 bits per heavy atom. The number of rotatable bonds is 8. The average molecular weight is 529 g/mol. The van der Waals surface area contributed by atoms with Crippen LogP contribution in [0.2, 0.25) is 0 Å². The summed E-state index contributed by atoms with van der Waals surface area (Å²) in [5, 5.41) is 16.2. The van der Waals surface area contributed by atoms with Crippen LogP contribution >= 0.6 is 23.1 Å². The largest absolute Gasteiger partial charge is 0.459 e. The molecule has 2 aromatic carbocycles. The summed E-state index contributed by atoms with van der Waals surface area (Å²) in [6.45, 7) is 2.51. The molecule has 0 atom stereocenters. The van der Waals surface area contributed by atoms with Crippen LogP contribution in [0.15, 0.2) is 82.3 Å². The van der Waals surface area contributed by atoms with E-state index in [1.807, 2.05) is 36.4 Å². The van der Waals surface area contributed by atoms with E-state index < -0.39 is 0 Å². The van der Waals surface area contributed by atoms with Crippen molar-refractivity contribution in [3.05, 3.63) is 100 Å². The van der Waals surface area contributed by atoms with Gasteiger partial charge in [0.1, 0.15) is 11.1 Å². The van der Waals surface area contributed by atoms with E-state index >= 15 is 0 Å². The highest BCUT2D eigenvalue weighted by molar-refractivity contribution is 8.00. The number of amides is 2. The molecule has 4 aromatic rings. The molecule has 186 valence electrons. The molecule has 0 unspecified atom stereocenters. The third-order valence-corrected chi connectivity index (χ3v) is 8.08. The van der Waals surface area contributed by atoms with Crippen molar-refractivity contribution in [1.82, 2.24) is 4.90 Å². The van der Waals surface area contributed by atoms with E-state index in [1.165, 1.54) is 34.9 Å². The zero-order chi connectivity index (χ0) is 25.6. The average Bonchev–Trinajstić information content (AvgIpc) is 3.56. The summed E-state index contributed by atoms with van der Waals surface area (Å²) in [4.78, 5) is 29.3. The predicted molar refractivity (Wildman–Crippen MR) is 146 cm³/mol. The monoisotopic (exact) mass is 528 g/mol. The molecule has 2 aromatic heterocycles. The quantitative estimate of drug-likeness (QED) is 0.283. The Morgan fingerprint density at radius 1 is 1.08 bits per heavy atom. The van der Waals surface area contributed by atoms with E-state index in [4.69, 9.17) is 4.42 Å². The fraction of sp³-hybridized carbons (Fsp3) is 0.179. The molecule has 7 nitrogen and oxygen atoms in total. The molecule has 0 saturated heterocycles. The lowest BCUT2D eigenvalue weighted by Gasteiger charge is -2.26. The zero-order valence-corrected chi connectivity index (χ0v) is 21.5. The van der Waals surface area contributed by atoms with Gasteiger partial charge < -0.3 is 15.1 Å². The summed E-state index contributed by atoms with van der Waals surface area (Å²) in [5.41, 5.74) is 3.52. The van der Waals surface area contributed by atoms with Gasteiger partial charge in [-0.15, -0.1) is 23.1 Å². The van der Waals surface area contributed by atoms with Gasteiger partial charge in [-0.1, -0.05) is 36.4 Å². The van der Waals surface area contributed by atoms with Crippen molar-refractivity contribution in [2.45, 2.75) is 24.4 Å². The second-order valence-electron chi connectivity index (χ2n) is 8.56. The lowest BCUT2D eigenvalue weighted by atomic mass is 10.0. The van der Waals surface area contributed by atoms with E-state index in [-0.39, 0.29) is 23.3 Å². The van der Waals surface area contributed by atoms with Gasteiger partial charge in [0.05, 0.1) is 17.6 Å². The maximum Gasteiger partial charge on any atom is 0.291 e. The fourth-order valence-electron chi connectivity index (χ4n) is 4.22. The van der Waals surface area contributed by atoms with Gasteiger partial charge in [0.15, 0.2) is 5.76 Å². The number of carbonyl (C=O) groups excluding carboxylic acids is 2. The Bertz CT molecular complexity index is 1440. The summed E-state index contributed by atoms with van der Waals surface area (Å²) < 4.78 is 5.12. The van der Waals surface area contributed by atoms with Crippen molar-refractivity contribution in [2.75, 3.05) is 22.9 Å². The first kappa shape index (κ1) is 24.8. The zero-order valence-electron chi connectivity index (χ0n) is 19.9. The Balaban J connectivity index is 1.18. The van der Waals surface area contributed by atoms with Gasteiger partial charge >= 0.3 is 0 Å². The van der Waals surface area contributed by atoms with E-state index in [0.717, 1.165) is 41.4 Å². The number of nitrogens with zero attached hydrogens (tertiary/aromatic N) is 2. The number of nitrogens with one attached hydrogen (secondary N) is 2. The molecule has 9 heteroatoms. The second kappa shape index (κ2) is 11.5. The number of furan rings is 1. The number of anilines is 2. The maximum absolute atomic E-state index is 12.8. The molecule has 37 heavy (non-hydrogen) atoms. The summed E-state index contributed by atoms with van der Waals surface area (Å²) >= 11 is 2.86. The predicted octanol–water partition coefficient (Wildman–Crippen LogP) is 5.75. The first-order valence-corrected chi connectivity index (χ1v) is 13.6. The van der Waals surface area contributed by atoms with Gasteiger partial charge in [-0.25, -0.2) is 0 Å². The number of hydrogen-bond acceptors (Lipinski definition) is 7. The van der Waals surface area contributed by atoms with E-state index in [2.05, 4.69) is 33.7 Å². The van der Waals surface area contributed by atoms with Crippen LogP contribution < -0.4 is 10.6 Å². The van der Waals surface area contributed by atoms with Crippen LogP contribution in [0.3, 0.4) is 0 Å². The highest BCUT2D eigenvalue weighted by Gasteiger charge is 2.25. The molecule has 0 spiro atoms. The molecule has 1 aliphatic rings. The molecular weight excluding hydrogens is 504 g/mol. The van der Waals surface area contributed by atoms with E-state index in [1.54, 1.807) is 18.2 Å². The number of fused-ring (bicyclic) bond motifs is 1. The third-order valence-electron chi connectivity index (χ3n) is 5.96. The summed E-state index contributed by atoms with van der Waals surface area (Å²) in [6.07, 6.45) is 2.24. The molecule has 2 N–H and O–H groups in total. The molecule has 0 saturated carbocycles. The minimum Gasteiger partial charge on any atom is -0.459 e. The van der Waals surface area contributed by atoms with Crippen molar-refractivity contribution in [1.29, 1.82) is 5.26 Å². The number of thioether (sulfide) groups is 1. The Hall–Kier alpha value is -3.84. The summed E-state index contributed by atoms with van der Waals surface area (Å²) in [7, 11) is 0. The number of carbonyl (C=O) groups is 2. The highest BCUT2D eigenvalue weighted by Crippen LogP contribution is 2.37. The fourth-order valence-corrected chi connectivity index (χ4v) is 6.23. The van der Waals surface area contributed by atoms with Gasteiger partial charge in [0.25, 0.3) is 5.91 Å². The lowest BCUT2D eigenvalue weighted by Crippen LogP contribution is -2.29. The number of benzene rings is 2. The molecule has 5 rings (SSSR count). The van der Waals surface area contributed by atoms with Crippen LogP contribution in [0.4, 0.5) is 10.7 Å². The van der Waals surface area contributed by atoms with Gasteiger partial charge in [-0.3, -0.25) is 14.5 Å². The SMILES string of the molecule is N#Cc1c(NC(=O)CSc2cccc(NC(=O)c3ccco3)c2)sc2c1CCN(Cc1ccccc1)C2. The second-order valence-corrected chi connectivity index (χ2v) is 10.7. The van der Waals surface area contributed by atoms with Crippen LogP contribution in [0.1, 0.15) is 32.1 Å². The van der Waals surface area contributed by atoms with Gasteiger partial charge in [0.2, 0.25) is 5.91 Å². The van der Waals surface area contributed by atoms with E-state index in [0.29, 0.717) is 16.3 Å². The Morgan fingerprint density at radius 2 is 1.95 bits per heavy atom. The number of thiophene rings is 1. The minimum absolute atomic E-state index is 0.175. The first-order chi connectivity index (χ1) is 18.1. The van der Waals surface area contributed by atoms with Gasteiger partial charge in [0, 0.05) is 35.1 Å². The molecule has 2 amide bonds. The van der Waals surface area contributed by atoms with Gasteiger partial charge in [-0.05, 0) is 47.9 Å². The van der Waals surface area contributed by atoms with Gasteiger partial charge in [-0.2, -0.15) is 5.26 Å². The van der Waals surface area contributed by atoms with Crippen LogP contribution in [0.5, 0.6) is 0 Å². The molecule has 3 heterocycles. The maximum atomic E-state index is 12.8. The number of nitriles is 1.